The van der Waals surface area contributed by atoms with Gasteiger partial charge >= 0.3 is 0 Å². The van der Waals surface area contributed by atoms with Crippen LogP contribution in [-0.2, 0) is 57.4 Å². The van der Waals surface area contributed by atoms with Gasteiger partial charge in [-0.2, -0.15) is 12.6 Å². The van der Waals surface area contributed by atoms with E-state index in [0.717, 1.165) is 0 Å². The topological polar surface area (TPSA) is 772 Å². The lowest BCUT2D eigenvalue weighted by molar-refractivity contribution is -0.136. The van der Waals surface area contributed by atoms with Gasteiger partial charge in [0.1, 0.15) is 48.3 Å². The van der Waals surface area contributed by atoms with Gasteiger partial charge in [0.05, 0.1) is 19.8 Å². The first-order valence-corrected chi connectivity index (χ1v) is 32.6. The summed E-state index contributed by atoms with van der Waals surface area (Å²) in [7, 11) is 0. The summed E-state index contributed by atoms with van der Waals surface area (Å²) < 4.78 is 10.9. The summed E-state index contributed by atoms with van der Waals surface area (Å²) >= 11 is 4.27. The van der Waals surface area contributed by atoms with E-state index in [0.29, 0.717) is 13.0 Å². The predicted octanol–water partition coefficient (Wildman–Crippen LogP) is -11.2. The lowest BCUT2D eigenvalue weighted by atomic mass is 10.0. The number of amides is 10. The van der Waals surface area contributed by atoms with Crippen LogP contribution in [0.3, 0.4) is 0 Å². The number of carbonyl (C=O) groups is 10. The van der Waals surface area contributed by atoms with Gasteiger partial charge < -0.3 is 143 Å². The van der Waals surface area contributed by atoms with Crippen molar-refractivity contribution in [2.24, 2.45) is 110 Å². The third kappa shape index (κ3) is 46.6. The summed E-state index contributed by atoms with van der Waals surface area (Å²) in [5.41, 5.74) is 77.3. The highest BCUT2D eigenvalue weighted by Crippen LogP contribution is 2.11. The SMILES string of the molecule is CC(=O)N[C@H](CCCN=C(N)N)C(=O)N[C@H](CCCNC(=N)N)C(=O)N[C@H](CCCN=C(N)N)C(=O)N[C@H](CCCN=C(N)N)C(=O)N[C@H](CCCN=C(N)N)C(=O)N[C@H](CCCN=C(N)N)C(=O)N[C@H](CCCN=C(N)N)C(=O)N[C@H](CS)C(=O)NCCOCCOCCCC(N)=O. The van der Waals surface area contributed by atoms with Crippen LogP contribution in [0.1, 0.15) is 110 Å². The number of nitrogens with two attached hydrogens (primary N) is 14. The van der Waals surface area contributed by atoms with Crippen LogP contribution in [0.15, 0.2) is 30.0 Å². The molecule has 0 spiro atoms. The molecular formula is C55H109N31O12S. The number of hydrogen-bond acceptors (Lipinski definition) is 20. The van der Waals surface area contributed by atoms with Gasteiger partial charge in [0.15, 0.2) is 41.7 Å². The van der Waals surface area contributed by atoms with Crippen molar-refractivity contribution >= 4 is 113 Å². The number of ether oxygens (including phenoxy) is 2. The van der Waals surface area contributed by atoms with Gasteiger partial charge in [0, 0.05) is 78.1 Å². The first kappa shape index (κ1) is 88.9. The normalized spacial score (nSPS) is 13.1. The highest BCUT2D eigenvalue weighted by Gasteiger charge is 2.35. The fraction of sp³-hybridized carbons (Fsp3) is 0.691. The van der Waals surface area contributed by atoms with Crippen molar-refractivity contribution in [3.05, 3.63) is 0 Å². The Labute approximate surface area is 580 Å². The Hall–Kier alpha value is -10.1. The van der Waals surface area contributed by atoms with Crippen molar-refractivity contribution in [2.45, 2.75) is 158 Å². The monoisotopic (exact) mass is 1430 g/mol. The Kier molecular flexibility index (Phi) is 47.6. The van der Waals surface area contributed by atoms with E-state index < -0.39 is 107 Å². The molecule has 0 aliphatic heterocycles. The van der Waals surface area contributed by atoms with E-state index in [1.54, 1.807) is 0 Å². The Morgan fingerprint density at radius 3 is 0.848 bits per heavy atom. The Morgan fingerprint density at radius 1 is 0.333 bits per heavy atom. The molecule has 99 heavy (non-hydrogen) atoms. The van der Waals surface area contributed by atoms with E-state index in [2.05, 4.69) is 95.8 Å². The molecular weight excluding hydrogens is 1320 g/mol. The Balaban J connectivity index is 7.42. The van der Waals surface area contributed by atoms with E-state index in [1.165, 1.54) is 6.92 Å². The van der Waals surface area contributed by atoms with E-state index >= 15 is 0 Å². The Morgan fingerprint density at radius 2 is 0.596 bits per heavy atom. The van der Waals surface area contributed by atoms with Crippen molar-refractivity contribution in [1.82, 2.24) is 53.2 Å². The number of aliphatic imine (C=N–C) groups is 6. The summed E-state index contributed by atoms with van der Waals surface area (Å²) in [6, 6.07) is -11.3. The zero-order valence-corrected chi connectivity index (χ0v) is 57.1. The van der Waals surface area contributed by atoms with E-state index in [4.69, 9.17) is 95.2 Å². The molecule has 0 heterocycles. The third-order valence-corrected chi connectivity index (χ3v) is 14.0. The van der Waals surface area contributed by atoms with Crippen molar-refractivity contribution in [3.63, 3.8) is 0 Å². The molecule has 0 saturated heterocycles. The quantitative estimate of drug-likeness (QED) is 0.0116. The van der Waals surface area contributed by atoms with E-state index in [-0.39, 0.29) is 216 Å². The molecule has 0 aliphatic rings. The summed E-state index contributed by atoms with van der Waals surface area (Å²) in [6.07, 6.45) is 0.384. The van der Waals surface area contributed by atoms with E-state index in [1.807, 2.05) is 0 Å². The summed E-state index contributed by atoms with van der Waals surface area (Å²) in [6.45, 7) is 1.99. The van der Waals surface area contributed by atoms with Gasteiger partial charge in [-0.3, -0.25) is 83.3 Å². The van der Waals surface area contributed by atoms with Gasteiger partial charge in [-0.15, -0.1) is 0 Å². The van der Waals surface area contributed by atoms with Crippen molar-refractivity contribution in [1.29, 1.82) is 5.41 Å². The molecule has 562 valence electrons. The van der Waals surface area contributed by atoms with Crippen molar-refractivity contribution in [3.8, 4) is 0 Å². The van der Waals surface area contributed by atoms with Crippen LogP contribution in [0.25, 0.3) is 0 Å². The first-order chi connectivity index (χ1) is 46.9. The molecule has 0 fully saturated rings. The second kappa shape index (κ2) is 53.0. The molecule has 0 aromatic heterocycles. The van der Waals surface area contributed by atoms with Crippen LogP contribution in [0.5, 0.6) is 0 Å². The molecule has 0 bridgehead atoms. The number of nitrogens with zero attached hydrogens (tertiary/aromatic N) is 6. The number of carbonyl (C=O) groups excluding carboxylic acids is 10. The minimum absolute atomic E-state index is 0.0110. The fourth-order valence-electron chi connectivity index (χ4n) is 8.82. The summed E-state index contributed by atoms with van der Waals surface area (Å²) in [5.74, 6) is -10.1. The molecule has 43 nitrogen and oxygen atoms in total. The van der Waals surface area contributed by atoms with Crippen LogP contribution < -0.4 is 133 Å². The number of hydrogen-bond donors (Lipinski definition) is 26. The maximum Gasteiger partial charge on any atom is 0.243 e. The zero-order valence-electron chi connectivity index (χ0n) is 56.2. The number of thiol groups is 1. The van der Waals surface area contributed by atoms with Crippen molar-refractivity contribution < 1.29 is 57.4 Å². The first-order valence-electron chi connectivity index (χ1n) is 32.0. The largest absolute Gasteiger partial charge is 0.379 e. The lowest BCUT2D eigenvalue weighted by Gasteiger charge is -2.28. The molecule has 0 aromatic carbocycles. The standard InChI is InChI=1S/C55H109N31O12S/c1-31(87)79-32(10-2-18-72-49(57)58)42(90)80-33(11-3-19-73-50(59)60)43(91)81-34(12-4-20-74-51(61)62)44(92)82-35(13-5-21-75-52(63)64)45(93)83-36(14-6-22-76-53(65)66)46(94)84-37(15-7-23-77-54(67)68)47(95)85-38(16-8-24-78-55(69)70)48(96)86-39(30-99)41(89)71-25-27-98-29-28-97-26-9-17-40(56)88/h32-39,99H,2-30H2,1H3,(H2,56,88)(H,71,89)(H,79,87)(H,80,90)(H,81,91)(H,82,92)(H,83,93)(H,84,94)(H,85,95)(H,86,96)(H4,57,58,72)(H4,59,60,73)(H4,61,62,74)(H4,63,64,75)(H4,65,66,76)(H4,67,68,77)(H4,69,70,78)/t32-,33-,34-,35-,36-,37-,38-,39-/m1/s1. The van der Waals surface area contributed by atoms with Crippen LogP contribution in [0, 0.1) is 5.41 Å². The van der Waals surface area contributed by atoms with Gasteiger partial charge in [-0.1, -0.05) is 0 Å². The van der Waals surface area contributed by atoms with Crippen molar-refractivity contribution in [2.75, 3.05) is 84.5 Å². The van der Waals surface area contributed by atoms with Crippen LogP contribution in [-0.4, -0.2) is 234 Å². The maximum absolute atomic E-state index is 14.8. The van der Waals surface area contributed by atoms with Crippen LogP contribution in [0.2, 0.25) is 0 Å². The van der Waals surface area contributed by atoms with Crippen LogP contribution in [0.4, 0.5) is 0 Å². The fourth-order valence-corrected chi connectivity index (χ4v) is 9.08. The van der Waals surface area contributed by atoms with Gasteiger partial charge in [0.25, 0.3) is 0 Å². The maximum atomic E-state index is 14.8. The smallest absolute Gasteiger partial charge is 0.243 e. The molecule has 0 radical (unpaired) electrons. The molecule has 0 aliphatic carbocycles. The summed E-state index contributed by atoms with van der Waals surface area (Å²) in [5, 5.41) is 33.9. The summed E-state index contributed by atoms with van der Waals surface area (Å²) in [4.78, 5) is 161. The number of primary amides is 1. The second-order valence-electron chi connectivity index (χ2n) is 22.1. The average Bonchev–Trinajstić information content (AvgIpc) is 0.936. The molecule has 0 rings (SSSR count). The molecule has 0 aromatic rings. The number of rotatable bonds is 55. The number of guanidine groups is 7. The molecule has 8 atom stereocenters. The molecule has 44 heteroatoms. The molecule has 39 N–H and O–H groups in total. The van der Waals surface area contributed by atoms with Crippen LogP contribution >= 0.6 is 12.6 Å². The molecule has 0 unspecified atom stereocenters. The zero-order chi connectivity index (χ0) is 74.7. The van der Waals surface area contributed by atoms with Gasteiger partial charge in [-0.25, -0.2) is 0 Å². The lowest BCUT2D eigenvalue weighted by Crippen LogP contribution is -2.60. The second-order valence-corrected chi connectivity index (χ2v) is 22.5. The minimum Gasteiger partial charge on any atom is -0.379 e. The molecule has 10 amide bonds. The van der Waals surface area contributed by atoms with Gasteiger partial charge in [0.2, 0.25) is 59.1 Å². The molecule has 0 saturated carbocycles. The Bertz CT molecular complexity index is 2720. The highest BCUT2D eigenvalue weighted by atomic mass is 32.1. The predicted molar refractivity (Wildman–Crippen MR) is 377 cm³/mol. The number of nitrogens with one attached hydrogen (secondary N) is 11. The third-order valence-electron chi connectivity index (χ3n) is 13.6. The minimum atomic E-state index is -1.53. The van der Waals surface area contributed by atoms with Gasteiger partial charge in [-0.05, 0) is 96.3 Å². The van der Waals surface area contributed by atoms with E-state index in [9.17, 15) is 47.9 Å². The highest BCUT2D eigenvalue weighted by molar-refractivity contribution is 7.80. The average molecular weight is 1430 g/mol.